The van der Waals surface area contributed by atoms with Crippen LogP contribution in [0.25, 0.3) is 11.0 Å². The summed E-state index contributed by atoms with van der Waals surface area (Å²) in [6.07, 6.45) is 0. The highest BCUT2D eigenvalue weighted by atomic mass is 35.5. The van der Waals surface area contributed by atoms with Crippen LogP contribution in [-0.4, -0.2) is 9.55 Å². The lowest BCUT2D eigenvalue weighted by Crippen LogP contribution is -2.09. The molecule has 0 unspecified atom stereocenters. The average Bonchev–Trinajstić information content (AvgIpc) is 3.05. The first kappa shape index (κ1) is 19.5. The van der Waals surface area contributed by atoms with Crippen molar-refractivity contribution in [1.29, 1.82) is 0 Å². The zero-order valence-electron chi connectivity index (χ0n) is 17.0. The van der Waals surface area contributed by atoms with Gasteiger partial charge in [-0.05, 0) is 59.9 Å². The van der Waals surface area contributed by atoms with Crippen LogP contribution in [0.4, 0.5) is 0 Å². The van der Waals surface area contributed by atoms with Gasteiger partial charge in [0.1, 0.15) is 18.2 Å². The molecule has 0 bridgehead atoms. The third kappa shape index (κ3) is 4.30. The standard InChI is InChI=1S/C25H25ClN2O/c1-17(2)21-13-8-18(3)14-24(21)29-16-25-27-22-6-4-5-7-23(22)28(25)15-19-9-11-20(26)12-10-19/h4-14,17H,15-16H2,1-3H3. The number of aryl methyl sites for hydroxylation is 1. The largest absolute Gasteiger partial charge is 0.485 e. The molecule has 4 heteroatoms. The topological polar surface area (TPSA) is 27.1 Å². The van der Waals surface area contributed by atoms with Crippen molar-refractivity contribution in [2.75, 3.05) is 0 Å². The predicted octanol–water partition coefficient (Wildman–Crippen LogP) is 6.75. The number of rotatable bonds is 6. The highest BCUT2D eigenvalue weighted by Crippen LogP contribution is 2.29. The molecule has 3 nitrogen and oxygen atoms in total. The van der Waals surface area contributed by atoms with Gasteiger partial charge in [0.2, 0.25) is 0 Å². The van der Waals surface area contributed by atoms with E-state index in [9.17, 15) is 0 Å². The van der Waals surface area contributed by atoms with E-state index in [1.807, 2.05) is 30.3 Å². The van der Waals surface area contributed by atoms with E-state index in [4.69, 9.17) is 21.3 Å². The van der Waals surface area contributed by atoms with E-state index in [1.54, 1.807) is 0 Å². The quantitative estimate of drug-likeness (QED) is 0.355. The minimum Gasteiger partial charge on any atom is -0.485 e. The first-order valence-electron chi connectivity index (χ1n) is 9.93. The Bertz CT molecular complexity index is 1130. The number of para-hydroxylation sites is 2. The van der Waals surface area contributed by atoms with Gasteiger partial charge in [-0.25, -0.2) is 4.98 Å². The zero-order valence-corrected chi connectivity index (χ0v) is 17.8. The lowest BCUT2D eigenvalue weighted by Gasteiger charge is -2.16. The van der Waals surface area contributed by atoms with Crippen molar-refractivity contribution < 1.29 is 4.74 Å². The Morgan fingerprint density at radius 2 is 1.76 bits per heavy atom. The van der Waals surface area contributed by atoms with E-state index >= 15 is 0 Å². The summed E-state index contributed by atoms with van der Waals surface area (Å²) in [5, 5.41) is 0.744. The van der Waals surface area contributed by atoms with Gasteiger partial charge in [-0.2, -0.15) is 0 Å². The molecule has 0 amide bonds. The number of hydrogen-bond acceptors (Lipinski definition) is 2. The molecule has 148 valence electrons. The summed E-state index contributed by atoms with van der Waals surface area (Å²) in [7, 11) is 0. The van der Waals surface area contributed by atoms with Crippen LogP contribution < -0.4 is 4.74 Å². The second-order valence-corrected chi connectivity index (χ2v) is 8.15. The Hall–Kier alpha value is -2.78. The molecule has 0 fully saturated rings. The minimum absolute atomic E-state index is 0.401. The smallest absolute Gasteiger partial charge is 0.148 e. The van der Waals surface area contributed by atoms with Crippen LogP contribution in [0.3, 0.4) is 0 Å². The maximum atomic E-state index is 6.29. The minimum atomic E-state index is 0.401. The number of ether oxygens (including phenoxy) is 1. The van der Waals surface area contributed by atoms with Crippen molar-refractivity contribution in [3.05, 3.63) is 94.3 Å². The van der Waals surface area contributed by atoms with Crippen LogP contribution in [0.15, 0.2) is 66.7 Å². The van der Waals surface area contributed by atoms with Crippen molar-refractivity contribution in [2.45, 2.75) is 39.8 Å². The maximum Gasteiger partial charge on any atom is 0.148 e. The highest BCUT2D eigenvalue weighted by molar-refractivity contribution is 6.30. The second kappa shape index (κ2) is 8.30. The van der Waals surface area contributed by atoms with Crippen LogP contribution in [0, 0.1) is 6.92 Å². The normalized spacial score (nSPS) is 11.3. The molecule has 0 N–H and O–H groups in total. The lowest BCUT2D eigenvalue weighted by molar-refractivity contribution is 0.287. The number of fused-ring (bicyclic) bond motifs is 1. The third-order valence-corrected chi connectivity index (χ3v) is 5.39. The van der Waals surface area contributed by atoms with Gasteiger partial charge in [0.15, 0.2) is 0 Å². The number of benzene rings is 3. The molecular formula is C25H25ClN2O. The molecule has 1 aromatic heterocycles. The van der Waals surface area contributed by atoms with Gasteiger partial charge in [-0.3, -0.25) is 0 Å². The van der Waals surface area contributed by atoms with E-state index in [-0.39, 0.29) is 0 Å². The van der Waals surface area contributed by atoms with Crippen LogP contribution in [0.2, 0.25) is 5.02 Å². The Morgan fingerprint density at radius 3 is 2.52 bits per heavy atom. The van der Waals surface area contributed by atoms with Crippen molar-refractivity contribution >= 4 is 22.6 Å². The second-order valence-electron chi connectivity index (χ2n) is 7.71. The highest BCUT2D eigenvalue weighted by Gasteiger charge is 2.14. The van der Waals surface area contributed by atoms with Crippen LogP contribution in [0.1, 0.15) is 42.3 Å². The van der Waals surface area contributed by atoms with Crippen molar-refractivity contribution in [3.63, 3.8) is 0 Å². The molecule has 4 aromatic rings. The molecule has 0 radical (unpaired) electrons. The summed E-state index contributed by atoms with van der Waals surface area (Å²) >= 11 is 6.05. The molecular weight excluding hydrogens is 380 g/mol. The Labute approximate surface area is 176 Å². The molecule has 0 aliphatic heterocycles. The summed E-state index contributed by atoms with van der Waals surface area (Å²) in [6, 6.07) is 22.6. The SMILES string of the molecule is Cc1ccc(C(C)C)c(OCc2nc3ccccc3n2Cc2ccc(Cl)cc2)c1. The van der Waals surface area contributed by atoms with Gasteiger partial charge in [-0.1, -0.05) is 61.8 Å². The van der Waals surface area contributed by atoms with Crippen LogP contribution in [-0.2, 0) is 13.2 Å². The van der Waals surface area contributed by atoms with Gasteiger partial charge in [0.05, 0.1) is 11.0 Å². The van der Waals surface area contributed by atoms with Crippen LogP contribution >= 0.6 is 11.6 Å². The van der Waals surface area contributed by atoms with Crippen LogP contribution in [0.5, 0.6) is 5.75 Å². The molecule has 0 saturated heterocycles. The molecule has 0 saturated carbocycles. The van der Waals surface area contributed by atoms with E-state index < -0.39 is 0 Å². The summed E-state index contributed by atoms with van der Waals surface area (Å²) < 4.78 is 8.51. The Morgan fingerprint density at radius 1 is 1.00 bits per heavy atom. The first-order valence-corrected chi connectivity index (χ1v) is 10.3. The van der Waals surface area contributed by atoms with Gasteiger partial charge >= 0.3 is 0 Å². The number of aromatic nitrogens is 2. The average molecular weight is 405 g/mol. The Balaban J connectivity index is 1.67. The molecule has 0 atom stereocenters. The van der Waals surface area contributed by atoms with E-state index in [2.05, 4.69) is 61.7 Å². The van der Waals surface area contributed by atoms with Gasteiger partial charge in [0, 0.05) is 11.6 Å². The van der Waals surface area contributed by atoms with E-state index in [0.717, 1.165) is 34.2 Å². The molecule has 29 heavy (non-hydrogen) atoms. The van der Waals surface area contributed by atoms with Gasteiger partial charge in [0.25, 0.3) is 0 Å². The summed E-state index contributed by atoms with van der Waals surface area (Å²) in [5.74, 6) is 2.25. The van der Waals surface area contributed by atoms with Gasteiger partial charge in [-0.15, -0.1) is 0 Å². The fourth-order valence-electron chi connectivity index (χ4n) is 3.57. The Kier molecular flexibility index (Phi) is 5.59. The lowest BCUT2D eigenvalue weighted by atomic mass is 10.0. The van der Waals surface area contributed by atoms with Crippen molar-refractivity contribution in [2.24, 2.45) is 0 Å². The number of hydrogen-bond donors (Lipinski definition) is 0. The summed E-state index contributed by atoms with van der Waals surface area (Å²) in [5.41, 5.74) is 5.68. The van der Waals surface area contributed by atoms with E-state index in [0.29, 0.717) is 12.5 Å². The molecule has 0 spiro atoms. The number of imidazole rings is 1. The molecule has 3 aromatic carbocycles. The van der Waals surface area contributed by atoms with Gasteiger partial charge < -0.3 is 9.30 Å². The predicted molar refractivity (Wildman–Crippen MR) is 120 cm³/mol. The number of halogens is 1. The zero-order chi connectivity index (χ0) is 20.4. The number of nitrogens with zero attached hydrogens (tertiary/aromatic N) is 2. The third-order valence-electron chi connectivity index (χ3n) is 5.14. The van der Waals surface area contributed by atoms with Crippen molar-refractivity contribution in [1.82, 2.24) is 9.55 Å². The fourth-order valence-corrected chi connectivity index (χ4v) is 3.70. The molecule has 1 heterocycles. The fraction of sp³-hybridized carbons (Fsp3) is 0.240. The summed E-state index contributed by atoms with van der Waals surface area (Å²) in [6.45, 7) is 7.61. The van der Waals surface area contributed by atoms with Crippen molar-refractivity contribution in [3.8, 4) is 5.75 Å². The first-order chi connectivity index (χ1) is 14.0. The maximum absolute atomic E-state index is 6.29. The molecule has 4 rings (SSSR count). The molecule has 0 aliphatic rings. The monoisotopic (exact) mass is 404 g/mol. The van der Waals surface area contributed by atoms with E-state index in [1.165, 1.54) is 16.7 Å². The summed E-state index contributed by atoms with van der Waals surface area (Å²) in [4.78, 5) is 4.85. The molecule has 0 aliphatic carbocycles.